The minimum Gasteiger partial charge on any atom is -0.369 e. The SMILES string of the molecule is CSc1ccc(CN(C)c2cc(C)nc(C)c2C#N)cc1. The predicted octanol–water partition coefficient (Wildman–Crippen LogP) is 3.93. The smallest absolute Gasteiger partial charge is 0.103 e. The van der Waals surface area contributed by atoms with Crippen molar-refractivity contribution in [1.29, 1.82) is 5.26 Å². The normalized spacial score (nSPS) is 10.2. The Bertz CT molecular complexity index is 672. The maximum absolute atomic E-state index is 9.35. The first-order chi connectivity index (χ1) is 10.0. The number of benzene rings is 1. The minimum absolute atomic E-state index is 0.656. The number of aromatic nitrogens is 1. The van der Waals surface area contributed by atoms with Gasteiger partial charge in [-0.05, 0) is 43.9 Å². The molecule has 1 aromatic heterocycles. The van der Waals surface area contributed by atoms with Crippen molar-refractivity contribution in [3.63, 3.8) is 0 Å². The average molecular weight is 297 g/mol. The Morgan fingerprint density at radius 2 is 1.90 bits per heavy atom. The number of aryl methyl sites for hydroxylation is 2. The van der Waals surface area contributed by atoms with Gasteiger partial charge < -0.3 is 4.90 Å². The van der Waals surface area contributed by atoms with E-state index in [1.807, 2.05) is 27.0 Å². The summed E-state index contributed by atoms with van der Waals surface area (Å²) in [7, 11) is 2.01. The van der Waals surface area contributed by atoms with E-state index in [4.69, 9.17) is 0 Å². The second-order valence-corrected chi connectivity index (χ2v) is 5.94. The highest BCUT2D eigenvalue weighted by Gasteiger charge is 2.12. The van der Waals surface area contributed by atoms with Crippen molar-refractivity contribution in [3.8, 4) is 6.07 Å². The lowest BCUT2D eigenvalue weighted by atomic mass is 10.1. The maximum Gasteiger partial charge on any atom is 0.103 e. The summed E-state index contributed by atoms with van der Waals surface area (Å²) in [5.41, 5.74) is 4.55. The lowest BCUT2D eigenvalue weighted by Crippen LogP contribution is -2.18. The van der Waals surface area contributed by atoms with Crippen LogP contribution in [0.3, 0.4) is 0 Å². The number of pyridine rings is 1. The molecule has 1 heterocycles. The molecule has 21 heavy (non-hydrogen) atoms. The molecular weight excluding hydrogens is 278 g/mol. The zero-order chi connectivity index (χ0) is 15.4. The summed E-state index contributed by atoms with van der Waals surface area (Å²) in [6.07, 6.45) is 2.07. The molecule has 2 rings (SSSR count). The molecular formula is C17H19N3S. The van der Waals surface area contributed by atoms with Crippen LogP contribution in [0.5, 0.6) is 0 Å². The van der Waals surface area contributed by atoms with Crippen molar-refractivity contribution in [1.82, 2.24) is 4.98 Å². The van der Waals surface area contributed by atoms with Gasteiger partial charge in [0.05, 0.1) is 16.9 Å². The fraction of sp³-hybridized carbons (Fsp3) is 0.294. The Kier molecular flexibility index (Phi) is 4.87. The van der Waals surface area contributed by atoms with Crippen molar-refractivity contribution < 1.29 is 0 Å². The fourth-order valence-electron chi connectivity index (χ4n) is 2.34. The summed E-state index contributed by atoms with van der Waals surface area (Å²) in [5, 5.41) is 9.35. The summed E-state index contributed by atoms with van der Waals surface area (Å²) in [5.74, 6) is 0. The first-order valence-corrected chi connectivity index (χ1v) is 8.00. The summed E-state index contributed by atoms with van der Waals surface area (Å²) in [6.45, 7) is 4.61. The summed E-state index contributed by atoms with van der Waals surface area (Å²) in [4.78, 5) is 7.73. The summed E-state index contributed by atoms with van der Waals surface area (Å²) >= 11 is 1.74. The molecule has 0 amide bonds. The molecule has 0 aliphatic carbocycles. The molecule has 0 aliphatic heterocycles. The Morgan fingerprint density at radius 3 is 2.48 bits per heavy atom. The van der Waals surface area contributed by atoms with Gasteiger partial charge in [0.15, 0.2) is 0 Å². The molecule has 0 spiro atoms. The van der Waals surface area contributed by atoms with Gasteiger partial charge in [0.25, 0.3) is 0 Å². The van der Waals surface area contributed by atoms with Crippen LogP contribution in [0.25, 0.3) is 0 Å². The van der Waals surface area contributed by atoms with Crippen LogP contribution in [0.15, 0.2) is 35.2 Å². The number of hydrogen-bond acceptors (Lipinski definition) is 4. The van der Waals surface area contributed by atoms with Gasteiger partial charge in [-0.25, -0.2) is 0 Å². The van der Waals surface area contributed by atoms with Crippen molar-refractivity contribution >= 4 is 17.4 Å². The third kappa shape index (κ3) is 3.56. The molecule has 0 N–H and O–H groups in total. The molecule has 1 aromatic carbocycles. The lowest BCUT2D eigenvalue weighted by Gasteiger charge is -2.22. The third-order valence-electron chi connectivity index (χ3n) is 3.41. The Labute approximate surface area is 130 Å². The van der Waals surface area contributed by atoms with Crippen molar-refractivity contribution in [3.05, 3.63) is 52.8 Å². The van der Waals surface area contributed by atoms with E-state index in [1.165, 1.54) is 10.5 Å². The maximum atomic E-state index is 9.35. The van der Waals surface area contributed by atoms with E-state index in [0.717, 1.165) is 23.6 Å². The highest BCUT2D eigenvalue weighted by Crippen LogP contribution is 2.24. The van der Waals surface area contributed by atoms with Gasteiger partial charge in [0, 0.05) is 24.2 Å². The molecule has 108 valence electrons. The molecule has 0 aliphatic rings. The van der Waals surface area contributed by atoms with E-state index >= 15 is 0 Å². The zero-order valence-corrected chi connectivity index (χ0v) is 13.7. The Balaban J connectivity index is 2.27. The molecule has 3 nitrogen and oxygen atoms in total. The van der Waals surface area contributed by atoms with Gasteiger partial charge in [0.2, 0.25) is 0 Å². The zero-order valence-electron chi connectivity index (χ0n) is 12.8. The van der Waals surface area contributed by atoms with Gasteiger partial charge in [-0.2, -0.15) is 5.26 Å². The topological polar surface area (TPSA) is 39.9 Å². The Morgan fingerprint density at radius 1 is 1.24 bits per heavy atom. The number of thioether (sulfide) groups is 1. The fourth-order valence-corrected chi connectivity index (χ4v) is 2.75. The first-order valence-electron chi connectivity index (χ1n) is 6.77. The van der Waals surface area contributed by atoms with E-state index in [0.29, 0.717) is 5.56 Å². The molecule has 0 radical (unpaired) electrons. The van der Waals surface area contributed by atoms with Crippen LogP contribution < -0.4 is 4.90 Å². The standard InChI is InChI=1S/C17H19N3S/c1-12-9-17(16(10-18)13(2)19-12)20(3)11-14-5-7-15(21-4)8-6-14/h5-9H,11H2,1-4H3. The largest absolute Gasteiger partial charge is 0.369 e. The second-order valence-electron chi connectivity index (χ2n) is 5.06. The monoisotopic (exact) mass is 297 g/mol. The van der Waals surface area contributed by atoms with Gasteiger partial charge in [-0.3, -0.25) is 4.98 Å². The van der Waals surface area contributed by atoms with Gasteiger partial charge in [-0.1, -0.05) is 12.1 Å². The van der Waals surface area contributed by atoms with Crippen LogP contribution >= 0.6 is 11.8 Å². The summed E-state index contributed by atoms with van der Waals surface area (Å²) < 4.78 is 0. The van der Waals surface area contributed by atoms with Crippen LogP contribution in [0.1, 0.15) is 22.5 Å². The van der Waals surface area contributed by atoms with E-state index in [1.54, 1.807) is 11.8 Å². The molecule has 0 atom stereocenters. The Hall–Kier alpha value is -1.99. The first kappa shape index (κ1) is 15.4. The highest BCUT2D eigenvalue weighted by molar-refractivity contribution is 7.98. The quantitative estimate of drug-likeness (QED) is 0.802. The lowest BCUT2D eigenvalue weighted by molar-refractivity contribution is 0.909. The molecule has 0 saturated carbocycles. The van der Waals surface area contributed by atoms with Gasteiger partial charge >= 0.3 is 0 Å². The number of hydrogen-bond donors (Lipinski definition) is 0. The van der Waals surface area contributed by atoms with Crippen molar-refractivity contribution in [2.45, 2.75) is 25.3 Å². The predicted molar refractivity (Wildman–Crippen MR) is 88.8 cm³/mol. The molecule has 2 aromatic rings. The van der Waals surface area contributed by atoms with E-state index in [-0.39, 0.29) is 0 Å². The number of nitriles is 1. The molecule has 0 saturated heterocycles. The van der Waals surface area contributed by atoms with E-state index < -0.39 is 0 Å². The molecule has 0 fully saturated rings. The average Bonchev–Trinajstić information content (AvgIpc) is 2.47. The van der Waals surface area contributed by atoms with Gasteiger partial charge in [0.1, 0.15) is 6.07 Å². The van der Waals surface area contributed by atoms with Crippen LogP contribution in [0.2, 0.25) is 0 Å². The molecule has 4 heteroatoms. The second kappa shape index (κ2) is 6.64. The van der Waals surface area contributed by atoms with Crippen molar-refractivity contribution in [2.24, 2.45) is 0 Å². The van der Waals surface area contributed by atoms with E-state index in [2.05, 4.69) is 46.5 Å². The molecule has 0 bridgehead atoms. The number of rotatable bonds is 4. The van der Waals surface area contributed by atoms with Crippen LogP contribution in [0.4, 0.5) is 5.69 Å². The number of anilines is 1. The summed E-state index contributed by atoms with van der Waals surface area (Å²) in [6, 6.07) is 12.8. The third-order valence-corrected chi connectivity index (χ3v) is 4.15. The van der Waals surface area contributed by atoms with Crippen molar-refractivity contribution in [2.75, 3.05) is 18.2 Å². The minimum atomic E-state index is 0.656. The van der Waals surface area contributed by atoms with Crippen LogP contribution in [0, 0.1) is 25.2 Å². The van der Waals surface area contributed by atoms with Crippen LogP contribution in [-0.2, 0) is 6.54 Å². The van der Waals surface area contributed by atoms with Gasteiger partial charge in [-0.15, -0.1) is 11.8 Å². The number of nitrogens with zero attached hydrogens (tertiary/aromatic N) is 3. The highest BCUT2D eigenvalue weighted by atomic mass is 32.2. The molecule has 0 unspecified atom stereocenters. The van der Waals surface area contributed by atoms with E-state index in [9.17, 15) is 5.26 Å². The van der Waals surface area contributed by atoms with Crippen LogP contribution in [-0.4, -0.2) is 18.3 Å².